The third-order valence-corrected chi connectivity index (χ3v) is 4.20. The summed E-state index contributed by atoms with van der Waals surface area (Å²) in [6.45, 7) is 2.74. The molecule has 0 spiro atoms. The summed E-state index contributed by atoms with van der Waals surface area (Å²) in [5.74, 6) is 1.08. The first-order valence-electron chi connectivity index (χ1n) is 5.83. The Kier molecular flexibility index (Phi) is 4.85. The zero-order valence-corrected chi connectivity index (χ0v) is 12.9. The molecule has 1 aliphatic heterocycles. The quantitative estimate of drug-likeness (QED) is 0.834. The second kappa shape index (κ2) is 6.26. The van der Waals surface area contributed by atoms with Crippen LogP contribution in [-0.4, -0.2) is 23.8 Å². The normalized spacial score (nSPS) is 19.4. The molecule has 0 aromatic heterocycles. The standard InChI is InChI=1S/C12H12BrF3N2OS/c1-7-5-17-11(20-6-7)18-9-3-2-8(13)4-10(9)19-12(14,15)16/h2-4,7H,5-6H2,1H3,(H,17,18). The maximum absolute atomic E-state index is 12.4. The summed E-state index contributed by atoms with van der Waals surface area (Å²) in [7, 11) is 0. The van der Waals surface area contributed by atoms with Gasteiger partial charge in [0.05, 0.1) is 5.69 Å². The molecule has 110 valence electrons. The van der Waals surface area contributed by atoms with Gasteiger partial charge in [-0.05, 0) is 24.1 Å². The molecule has 3 nitrogen and oxygen atoms in total. The number of nitrogens with zero attached hydrogens (tertiary/aromatic N) is 1. The predicted molar refractivity (Wildman–Crippen MR) is 78.4 cm³/mol. The molecule has 8 heteroatoms. The molecule has 1 aromatic carbocycles. The van der Waals surface area contributed by atoms with Gasteiger partial charge in [-0.1, -0.05) is 34.6 Å². The summed E-state index contributed by atoms with van der Waals surface area (Å²) >= 11 is 4.61. The van der Waals surface area contributed by atoms with Crippen molar-refractivity contribution < 1.29 is 17.9 Å². The Morgan fingerprint density at radius 1 is 1.45 bits per heavy atom. The monoisotopic (exact) mass is 368 g/mol. The Labute approximate surface area is 127 Å². The van der Waals surface area contributed by atoms with Crippen molar-refractivity contribution in [2.45, 2.75) is 13.3 Å². The van der Waals surface area contributed by atoms with Crippen LogP contribution in [-0.2, 0) is 0 Å². The Hall–Kier alpha value is -0.890. The fraction of sp³-hybridized carbons (Fsp3) is 0.417. The molecule has 0 saturated heterocycles. The lowest BCUT2D eigenvalue weighted by Crippen LogP contribution is -2.21. The zero-order chi connectivity index (χ0) is 14.8. The van der Waals surface area contributed by atoms with Crippen molar-refractivity contribution in [3.8, 4) is 5.75 Å². The number of nitrogens with one attached hydrogen (secondary N) is 1. The van der Waals surface area contributed by atoms with Crippen LogP contribution >= 0.6 is 27.7 Å². The van der Waals surface area contributed by atoms with E-state index in [0.29, 0.717) is 22.1 Å². The summed E-state index contributed by atoms with van der Waals surface area (Å²) in [5.41, 5.74) is 0.242. The number of hydrogen-bond acceptors (Lipinski definition) is 4. The lowest BCUT2D eigenvalue weighted by atomic mass is 10.2. The van der Waals surface area contributed by atoms with Crippen LogP contribution in [0.4, 0.5) is 18.9 Å². The molecule has 0 radical (unpaired) electrons. The van der Waals surface area contributed by atoms with Crippen LogP contribution in [0.1, 0.15) is 6.92 Å². The van der Waals surface area contributed by atoms with Gasteiger partial charge in [-0.15, -0.1) is 13.2 Å². The fourth-order valence-electron chi connectivity index (χ4n) is 1.56. The lowest BCUT2D eigenvalue weighted by Gasteiger charge is -2.20. The summed E-state index contributed by atoms with van der Waals surface area (Å²) in [6, 6.07) is 4.43. The Bertz CT molecular complexity index is 522. The van der Waals surface area contributed by atoms with E-state index in [0.717, 1.165) is 5.75 Å². The molecule has 0 fully saturated rings. The maximum atomic E-state index is 12.4. The smallest absolute Gasteiger partial charge is 0.404 e. The summed E-state index contributed by atoms with van der Waals surface area (Å²) in [6.07, 6.45) is -4.73. The number of amidine groups is 1. The minimum Gasteiger partial charge on any atom is -0.404 e. The summed E-state index contributed by atoms with van der Waals surface area (Å²) in [4.78, 5) is 4.29. The number of halogens is 4. The third-order valence-electron chi connectivity index (χ3n) is 2.46. The number of ether oxygens (including phenoxy) is 1. The average Bonchev–Trinajstić information content (AvgIpc) is 2.33. The van der Waals surface area contributed by atoms with Crippen LogP contribution in [0.15, 0.2) is 27.7 Å². The first kappa shape index (κ1) is 15.5. The molecule has 1 aromatic rings. The van der Waals surface area contributed by atoms with Gasteiger partial charge in [0.2, 0.25) is 0 Å². The second-order valence-electron chi connectivity index (χ2n) is 4.38. The van der Waals surface area contributed by atoms with Gasteiger partial charge < -0.3 is 10.1 Å². The van der Waals surface area contributed by atoms with E-state index in [2.05, 4.69) is 37.9 Å². The predicted octanol–water partition coefficient (Wildman–Crippen LogP) is 4.50. The molecule has 1 aliphatic rings. The van der Waals surface area contributed by atoms with Gasteiger partial charge in [-0.2, -0.15) is 0 Å². The first-order valence-corrected chi connectivity index (χ1v) is 7.61. The number of hydrogen-bond donors (Lipinski definition) is 1. The highest BCUT2D eigenvalue weighted by Gasteiger charge is 2.32. The number of benzene rings is 1. The van der Waals surface area contributed by atoms with Gasteiger partial charge in [0.15, 0.2) is 10.9 Å². The molecule has 0 aliphatic carbocycles. The molecule has 1 unspecified atom stereocenters. The van der Waals surface area contributed by atoms with Crippen molar-refractivity contribution in [1.82, 2.24) is 0 Å². The third kappa shape index (κ3) is 4.59. The second-order valence-corrected chi connectivity index (χ2v) is 6.30. The van der Waals surface area contributed by atoms with E-state index in [4.69, 9.17) is 0 Å². The van der Waals surface area contributed by atoms with Gasteiger partial charge in [0.1, 0.15) is 0 Å². The van der Waals surface area contributed by atoms with Crippen LogP contribution in [0, 0.1) is 5.92 Å². The average molecular weight is 369 g/mol. The fourth-order valence-corrected chi connectivity index (χ4v) is 2.79. The van der Waals surface area contributed by atoms with Crippen molar-refractivity contribution in [2.75, 3.05) is 17.6 Å². The number of anilines is 1. The van der Waals surface area contributed by atoms with Crippen molar-refractivity contribution in [1.29, 1.82) is 0 Å². The van der Waals surface area contributed by atoms with Gasteiger partial charge >= 0.3 is 6.36 Å². The minimum atomic E-state index is -4.73. The molecule has 0 bridgehead atoms. The molecule has 20 heavy (non-hydrogen) atoms. The molecule has 1 heterocycles. The van der Waals surface area contributed by atoms with Crippen molar-refractivity contribution in [3.63, 3.8) is 0 Å². The molecule has 0 saturated carbocycles. The molecule has 0 amide bonds. The van der Waals surface area contributed by atoms with E-state index in [9.17, 15) is 13.2 Å². The van der Waals surface area contributed by atoms with Crippen LogP contribution in [0.5, 0.6) is 5.75 Å². The van der Waals surface area contributed by atoms with Crippen LogP contribution in [0.2, 0.25) is 0 Å². The zero-order valence-electron chi connectivity index (χ0n) is 10.5. The minimum absolute atomic E-state index is 0.242. The Morgan fingerprint density at radius 3 is 2.80 bits per heavy atom. The molecule has 1 atom stereocenters. The number of alkyl halides is 3. The number of thioether (sulfide) groups is 1. The Balaban J connectivity index is 2.18. The van der Waals surface area contributed by atoms with Gasteiger partial charge in [0.25, 0.3) is 0 Å². The van der Waals surface area contributed by atoms with E-state index in [1.165, 1.54) is 23.9 Å². The Morgan fingerprint density at radius 2 is 2.20 bits per heavy atom. The van der Waals surface area contributed by atoms with E-state index in [1.807, 2.05) is 0 Å². The largest absolute Gasteiger partial charge is 0.573 e. The van der Waals surface area contributed by atoms with Crippen LogP contribution in [0.25, 0.3) is 0 Å². The highest BCUT2D eigenvalue weighted by Crippen LogP contribution is 2.34. The van der Waals surface area contributed by atoms with E-state index < -0.39 is 6.36 Å². The van der Waals surface area contributed by atoms with E-state index in [-0.39, 0.29) is 11.4 Å². The van der Waals surface area contributed by atoms with Gasteiger partial charge in [-0.25, -0.2) is 0 Å². The molecule has 1 N–H and O–H groups in total. The van der Waals surface area contributed by atoms with Crippen molar-refractivity contribution in [2.24, 2.45) is 10.9 Å². The van der Waals surface area contributed by atoms with E-state index >= 15 is 0 Å². The summed E-state index contributed by atoms with van der Waals surface area (Å²) < 4.78 is 41.7. The van der Waals surface area contributed by atoms with Crippen molar-refractivity contribution >= 4 is 38.5 Å². The van der Waals surface area contributed by atoms with Crippen LogP contribution in [0.3, 0.4) is 0 Å². The lowest BCUT2D eigenvalue weighted by molar-refractivity contribution is -0.274. The maximum Gasteiger partial charge on any atom is 0.573 e. The molecular weight excluding hydrogens is 357 g/mol. The van der Waals surface area contributed by atoms with Gasteiger partial charge in [0, 0.05) is 16.8 Å². The van der Waals surface area contributed by atoms with Crippen molar-refractivity contribution in [3.05, 3.63) is 22.7 Å². The molecular formula is C12H12BrF3N2OS. The van der Waals surface area contributed by atoms with Crippen LogP contribution < -0.4 is 10.1 Å². The number of aliphatic imine (C=N–C) groups is 1. The molecule has 2 rings (SSSR count). The highest BCUT2D eigenvalue weighted by molar-refractivity contribution is 9.10. The SMILES string of the molecule is CC1CN=C(Nc2ccc(Br)cc2OC(F)(F)F)SC1. The van der Waals surface area contributed by atoms with Gasteiger partial charge in [-0.3, -0.25) is 4.99 Å². The van der Waals surface area contributed by atoms with E-state index in [1.54, 1.807) is 6.07 Å². The summed E-state index contributed by atoms with van der Waals surface area (Å²) in [5, 5.41) is 3.50. The number of rotatable bonds is 2. The first-order chi connectivity index (χ1) is 9.33. The highest BCUT2D eigenvalue weighted by atomic mass is 79.9. The topological polar surface area (TPSA) is 33.6 Å².